The molecule has 10 rings (SSSR count). The van der Waals surface area contributed by atoms with Crippen molar-refractivity contribution in [2.45, 2.75) is 0 Å². The Hall–Kier alpha value is -6.24. The molecule has 0 nitrogen and oxygen atoms in total. The third-order valence-electron chi connectivity index (χ3n) is 10.2. The number of hydrogen-bond acceptors (Lipinski definition) is 2. The quantitative estimate of drug-likeness (QED) is 0.163. The van der Waals surface area contributed by atoms with Gasteiger partial charge in [-0.25, -0.2) is 0 Å². The van der Waals surface area contributed by atoms with Gasteiger partial charge in [0, 0.05) is 22.3 Å². The van der Waals surface area contributed by atoms with Crippen LogP contribution in [0.2, 0.25) is 0 Å². The molecule has 0 bridgehead atoms. The molecule has 2 aromatic heterocycles. The molecule has 0 radical (unpaired) electrons. The minimum Gasteiger partial charge on any atom is -0.151 e. The SMILES string of the molecule is c1cc(-c2cc(-c3cscc3-c3ccc4ccccc4c3)cc(-c3cscc3-c3ccc4ccccc4c3)c2)c(-c2ccc3ccccc3c2)cc#1. The number of benzene rings is 7. The predicted molar refractivity (Wildman–Crippen MR) is 225 cm³/mol. The second kappa shape index (κ2) is 12.8. The van der Waals surface area contributed by atoms with Crippen LogP contribution in [0.1, 0.15) is 0 Å². The van der Waals surface area contributed by atoms with Gasteiger partial charge in [0.2, 0.25) is 0 Å². The fraction of sp³-hybridized carbons (Fsp3) is 0. The molecule has 8 aromatic carbocycles. The lowest BCUT2D eigenvalue weighted by atomic mass is 9.88. The van der Waals surface area contributed by atoms with Crippen molar-refractivity contribution in [3.8, 4) is 66.8 Å². The van der Waals surface area contributed by atoms with Crippen molar-refractivity contribution in [1.82, 2.24) is 0 Å². The highest BCUT2D eigenvalue weighted by Crippen LogP contribution is 2.44. The molecule has 0 amide bonds. The Labute approximate surface area is 311 Å². The molecule has 0 N–H and O–H groups in total. The average Bonchev–Trinajstić information content (AvgIpc) is 3.92. The fourth-order valence-corrected chi connectivity index (χ4v) is 9.25. The zero-order chi connectivity index (χ0) is 34.4. The molecule has 0 saturated carbocycles. The zero-order valence-corrected chi connectivity index (χ0v) is 29.8. The molecule has 0 aliphatic rings. The Morgan fingerprint density at radius 3 is 0.981 bits per heavy atom. The highest BCUT2D eigenvalue weighted by molar-refractivity contribution is 7.09. The maximum absolute atomic E-state index is 3.30. The van der Waals surface area contributed by atoms with Gasteiger partial charge in [-0.05, 0) is 147 Å². The number of fused-ring (bicyclic) bond motifs is 3. The van der Waals surface area contributed by atoms with Gasteiger partial charge in [-0.2, -0.15) is 22.7 Å². The van der Waals surface area contributed by atoms with E-state index in [2.05, 4.69) is 191 Å². The smallest absolute Gasteiger partial charge is 0.000228 e. The van der Waals surface area contributed by atoms with Crippen molar-refractivity contribution < 1.29 is 0 Å². The summed E-state index contributed by atoms with van der Waals surface area (Å²) in [7, 11) is 0. The molecule has 0 atom stereocenters. The van der Waals surface area contributed by atoms with E-state index in [-0.39, 0.29) is 0 Å². The summed E-state index contributed by atoms with van der Waals surface area (Å²) in [4.78, 5) is 0. The van der Waals surface area contributed by atoms with E-state index in [1.807, 2.05) is 0 Å². The first-order valence-corrected chi connectivity index (χ1v) is 19.3. The van der Waals surface area contributed by atoms with E-state index in [1.165, 1.54) is 82.4 Å². The lowest BCUT2D eigenvalue weighted by molar-refractivity contribution is 1.58. The minimum absolute atomic E-state index is 1.14. The second-order valence-corrected chi connectivity index (χ2v) is 14.8. The summed E-state index contributed by atoms with van der Waals surface area (Å²) < 4.78 is 0. The largest absolute Gasteiger partial charge is 0.151 e. The summed E-state index contributed by atoms with van der Waals surface area (Å²) in [5, 5.41) is 16.7. The van der Waals surface area contributed by atoms with Crippen molar-refractivity contribution in [1.29, 1.82) is 0 Å². The maximum Gasteiger partial charge on any atom is 0.000228 e. The van der Waals surface area contributed by atoms with Gasteiger partial charge < -0.3 is 0 Å². The normalized spacial score (nSPS) is 11.3. The summed E-state index contributed by atoms with van der Waals surface area (Å²) in [6.45, 7) is 0. The Morgan fingerprint density at radius 2 is 0.577 bits per heavy atom. The van der Waals surface area contributed by atoms with E-state index in [4.69, 9.17) is 0 Å². The van der Waals surface area contributed by atoms with E-state index in [1.54, 1.807) is 22.7 Å². The lowest BCUT2D eigenvalue weighted by Crippen LogP contribution is -1.90. The fourth-order valence-electron chi connectivity index (χ4n) is 7.51. The van der Waals surface area contributed by atoms with Gasteiger partial charge in [-0.3, -0.25) is 0 Å². The number of rotatable bonds is 6. The molecule has 10 aromatic rings. The van der Waals surface area contributed by atoms with Crippen LogP contribution < -0.4 is 0 Å². The van der Waals surface area contributed by atoms with Crippen LogP contribution in [0.15, 0.2) is 179 Å². The molecule has 2 heterocycles. The first-order chi connectivity index (χ1) is 25.7. The summed E-state index contributed by atoms with van der Waals surface area (Å²) in [5.74, 6) is 0. The molecule has 0 unspecified atom stereocenters. The first-order valence-electron chi connectivity index (χ1n) is 17.4. The molecule has 0 fully saturated rings. The van der Waals surface area contributed by atoms with Crippen molar-refractivity contribution in [3.63, 3.8) is 0 Å². The molecule has 52 heavy (non-hydrogen) atoms. The number of hydrogen-bond donors (Lipinski definition) is 0. The first kappa shape index (κ1) is 30.6. The predicted octanol–water partition coefficient (Wildman–Crippen LogP) is 14.9. The van der Waals surface area contributed by atoms with Gasteiger partial charge in [0.25, 0.3) is 0 Å². The van der Waals surface area contributed by atoms with Crippen LogP contribution in [0.3, 0.4) is 0 Å². The third kappa shape index (κ3) is 5.49. The van der Waals surface area contributed by atoms with E-state index in [9.17, 15) is 0 Å². The molecule has 0 spiro atoms. The topological polar surface area (TPSA) is 0 Å². The van der Waals surface area contributed by atoms with Gasteiger partial charge in [-0.15, -0.1) is 0 Å². The standard InChI is InChI=1S/C50H30S2/c1-4-12-36-23-39(20-17-33(36)9-1)45-15-7-8-16-46(45)42-26-43(49-31-51-29-47(49)40-21-18-34-10-2-5-13-37(34)24-40)28-44(27-42)50-32-52-30-48(50)41-22-19-35-11-3-6-14-38(35)25-41/h1-6,9-32H. The maximum atomic E-state index is 3.30. The molecule has 0 aliphatic heterocycles. The van der Waals surface area contributed by atoms with Gasteiger partial charge >= 0.3 is 0 Å². The van der Waals surface area contributed by atoms with E-state index >= 15 is 0 Å². The monoisotopic (exact) mass is 694 g/mol. The molecular formula is C50H30S2. The van der Waals surface area contributed by atoms with Crippen molar-refractivity contribution in [2.24, 2.45) is 0 Å². The summed E-state index contributed by atoms with van der Waals surface area (Å²) >= 11 is 3.52. The third-order valence-corrected chi connectivity index (χ3v) is 11.7. The van der Waals surface area contributed by atoms with Crippen LogP contribution in [0.4, 0.5) is 0 Å². The average molecular weight is 695 g/mol. The van der Waals surface area contributed by atoms with E-state index in [0.717, 1.165) is 16.7 Å². The Bertz CT molecular complexity index is 2790. The van der Waals surface area contributed by atoms with Crippen LogP contribution in [0, 0.1) is 12.1 Å². The van der Waals surface area contributed by atoms with Crippen LogP contribution in [-0.2, 0) is 0 Å². The van der Waals surface area contributed by atoms with Gasteiger partial charge in [0.15, 0.2) is 0 Å². The molecular weight excluding hydrogens is 665 g/mol. The van der Waals surface area contributed by atoms with Crippen LogP contribution in [-0.4, -0.2) is 0 Å². The van der Waals surface area contributed by atoms with Crippen LogP contribution in [0.25, 0.3) is 99.1 Å². The van der Waals surface area contributed by atoms with E-state index in [0.29, 0.717) is 0 Å². The Balaban J connectivity index is 1.17. The summed E-state index contributed by atoms with van der Waals surface area (Å²) in [5.41, 5.74) is 14.5. The summed E-state index contributed by atoms with van der Waals surface area (Å²) in [6.07, 6.45) is 0. The van der Waals surface area contributed by atoms with Gasteiger partial charge in [0.1, 0.15) is 0 Å². The Morgan fingerprint density at radius 1 is 0.269 bits per heavy atom. The second-order valence-electron chi connectivity index (χ2n) is 13.3. The van der Waals surface area contributed by atoms with Crippen molar-refractivity contribution >= 4 is 55.0 Å². The Kier molecular flexibility index (Phi) is 7.54. The highest BCUT2D eigenvalue weighted by Gasteiger charge is 2.18. The van der Waals surface area contributed by atoms with Gasteiger partial charge in [0.05, 0.1) is 0 Å². The molecule has 0 saturated heterocycles. The van der Waals surface area contributed by atoms with Crippen LogP contribution >= 0.6 is 22.7 Å². The molecule has 0 aliphatic carbocycles. The van der Waals surface area contributed by atoms with Crippen LogP contribution in [0.5, 0.6) is 0 Å². The highest BCUT2D eigenvalue weighted by atomic mass is 32.1. The number of thiophene rings is 2. The molecule has 242 valence electrons. The van der Waals surface area contributed by atoms with Gasteiger partial charge in [-0.1, -0.05) is 121 Å². The minimum atomic E-state index is 1.14. The van der Waals surface area contributed by atoms with Crippen molar-refractivity contribution in [3.05, 3.63) is 191 Å². The van der Waals surface area contributed by atoms with E-state index < -0.39 is 0 Å². The lowest BCUT2D eigenvalue weighted by Gasteiger charge is -2.15. The molecule has 2 heteroatoms. The van der Waals surface area contributed by atoms with Crippen molar-refractivity contribution in [2.75, 3.05) is 0 Å². The summed E-state index contributed by atoms with van der Waals surface area (Å²) in [6, 6.07) is 64.0. The zero-order valence-electron chi connectivity index (χ0n) is 28.1.